The van der Waals surface area contributed by atoms with Crippen molar-refractivity contribution < 1.29 is 13.9 Å². The molecule has 2 heterocycles. The van der Waals surface area contributed by atoms with Crippen LogP contribution in [0, 0.1) is 19.3 Å². The summed E-state index contributed by atoms with van der Waals surface area (Å²) in [6, 6.07) is 11.6. The first-order valence-corrected chi connectivity index (χ1v) is 10.4. The van der Waals surface area contributed by atoms with Crippen LogP contribution in [0.4, 0.5) is 10.1 Å². The SMILES string of the molecule is [C-]#[N+]c1ccc(-c2nc(C(=O)N3CCC[C@H](N)C3)c(C)n2-c2ccc(OC)cc2)cc1F. The highest BCUT2D eigenvalue weighted by atomic mass is 19.1. The van der Waals surface area contributed by atoms with Crippen molar-refractivity contribution in [2.24, 2.45) is 5.73 Å². The predicted molar refractivity (Wildman–Crippen MR) is 120 cm³/mol. The molecule has 1 atom stereocenters. The van der Waals surface area contributed by atoms with Crippen LogP contribution >= 0.6 is 0 Å². The van der Waals surface area contributed by atoms with Crippen molar-refractivity contribution in [3.05, 3.63) is 71.1 Å². The lowest BCUT2D eigenvalue weighted by Gasteiger charge is -2.30. The number of likely N-dealkylation sites (tertiary alicyclic amines) is 1. The molecule has 1 aliphatic heterocycles. The number of piperidine rings is 1. The van der Waals surface area contributed by atoms with Crippen molar-refractivity contribution in [2.45, 2.75) is 25.8 Å². The topological polar surface area (TPSA) is 77.7 Å². The molecule has 0 bridgehead atoms. The minimum absolute atomic E-state index is 0.0496. The Balaban J connectivity index is 1.85. The number of ether oxygens (including phenoxy) is 1. The highest BCUT2D eigenvalue weighted by Crippen LogP contribution is 2.31. The number of hydrogen-bond acceptors (Lipinski definition) is 4. The fourth-order valence-electron chi connectivity index (χ4n) is 4.03. The standard InChI is InChI=1S/C24H24FN5O2/c1-15-22(24(31)29-12-4-5-17(26)14-29)28-23(16-6-11-21(27-2)20(25)13-16)30(15)18-7-9-19(32-3)10-8-18/h6-11,13,17H,4-5,12,14,26H2,1,3H3/t17-/m0/s1. The van der Waals surface area contributed by atoms with Gasteiger partial charge in [-0.3, -0.25) is 9.36 Å². The number of methoxy groups -OCH3 is 1. The molecule has 4 rings (SSSR count). The van der Waals surface area contributed by atoms with Crippen molar-refractivity contribution in [1.82, 2.24) is 14.5 Å². The Labute approximate surface area is 186 Å². The number of benzene rings is 2. The van der Waals surface area contributed by atoms with E-state index in [2.05, 4.69) is 9.83 Å². The molecular formula is C24H24FN5O2. The maximum atomic E-state index is 14.4. The number of carbonyl (C=O) groups excluding carboxylic acids is 1. The molecule has 2 N–H and O–H groups in total. The van der Waals surface area contributed by atoms with Crippen molar-refractivity contribution in [1.29, 1.82) is 0 Å². The molecule has 3 aromatic rings. The lowest BCUT2D eigenvalue weighted by molar-refractivity contribution is 0.0702. The minimum atomic E-state index is -0.630. The van der Waals surface area contributed by atoms with Crippen molar-refractivity contribution in [3.63, 3.8) is 0 Å². The van der Waals surface area contributed by atoms with Gasteiger partial charge in [0.15, 0.2) is 0 Å². The van der Waals surface area contributed by atoms with Gasteiger partial charge in [0.05, 0.1) is 19.4 Å². The van der Waals surface area contributed by atoms with E-state index in [-0.39, 0.29) is 17.6 Å². The van der Waals surface area contributed by atoms with Crippen molar-refractivity contribution in [3.8, 4) is 22.8 Å². The first kappa shape index (κ1) is 21.5. The minimum Gasteiger partial charge on any atom is -0.497 e. The van der Waals surface area contributed by atoms with E-state index < -0.39 is 5.82 Å². The van der Waals surface area contributed by atoms with Crippen LogP contribution in [0.1, 0.15) is 29.0 Å². The van der Waals surface area contributed by atoms with Gasteiger partial charge >= 0.3 is 0 Å². The molecule has 1 fully saturated rings. The third-order valence-electron chi connectivity index (χ3n) is 5.71. The van der Waals surface area contributed by atoms with Gasteiger partial charge in [0, 0.05) is 30.4 Å². The first-order chi connectivity index (χ1) is 15.4. The van der Waals surface area contributed by atoms with Crippen LogP contribution in [0.15, 0.2) is 42.5 Å². The van der Waals surface area contributed by atoms with Gasteiger partial charge in [-0.25, -0.2) is 14.2 Å². The fraction of sp³-hybridized carbons (Fsp3) is 0.292. The second-order valence-corrected chi connectivity index (χ2v) is 7.83. The van der Waals surface area contributed by atoms with Gasteiger partial charge in [0.2, 0.25) is 5.69 Å². The molecule has 0 unspecified atom stereocenters. The molecule has 0 radical (unpaired) electrons. The summed E-state index contributed by atoms with van der Waals surface area (Å²) < 4.78 is 21.5. The van der Waals surface area contributed by atoms with Gasteiger partial charge in [-0.15, -0.1) is 0 Å². The van der Waals surface area contributed by atoms with E-state index in [9.17, 15) is 9.18 Å². The van der Waals surface area contributed by atoms with Crippen molar-refractivity contribution >= 4 is 11.6 Å². The van der Waals surface area contributed by atoms with E-state index in [1.807, 2.05) is 35.8 Å². The predicted octanol–water partition coefficient (Wildman–Crippen LogP) is 4.11. The smallest absolute Gasteiger partial charge is 0.274 e. The Bertz CT molecular complexity index is 1200. The van der Waals surface area contributed by atoms with Crippen LogP contribution in [0.25, 0.3) is 21.9 Å². The Morgan fingerprint density at radius 2 is 2.03 bits per heavy atom. The average molecular weight is 433 g/mol. The molecule has 7 nitrogen and oxygen atoms in total. The molecular weight excluding hydrogens is 409 g/mol. The largest absolute Gasteiger partial charge is 0.497 e. The third kappa shape index (κ3) is 3.95. The Hall–Kier alpha value is -3.70. The highest BCUT2D eigenvalue weighted by Gasteiger charge is 2.28. The molecule has 32 heavy (non-hydrogen) atoms. The number of amides is 1. The summed E-state index contributed by atoms with van der Waals surface area (Å²) in [6.45, 7) is 10.0. The van der Waals surface area contributed by atoms with Crippen LogP contribution in [0.2, 0.25) is 0 Å². The monoisotopic (exact) mass is 433 g/mol. The number of hydrogen-bond donors (Lipinski definition) is 1. The number of nitrogens with two attached hydrogens (primary N) is 1. The van der Waals surface area contributed by atoms with Gasteiger partial charge in [-0.05, 0) is 50.1 Å². The number of imidazole rings is 1. The summed E-state index contributed by atoms with van der Waals surface area (Å²) in [5, 5.41) is 0. The van der Waals surface area contributed by atoms with Crippen LogP contribution in [-0.2, 0) is 0 Å². The number of aromatic nitrogens is 2. The van der Waals surface area contributed by atoms with Crippen LogP contribution in [0.3, 0.4) is 0 Å². The summed E-state index contributed by atoms with van der Waals surface area (Å²) in [7, 11) is 1.59. The molecule has 1 saturated heterocycles. The normalized spacial score (nSPS) is 16.0. The van der Waals surface area contributed by atoms with E-state index in [1.54, 1.807) is 18.1 Å². The summed E-state index contributed by atoms with van der Waals surface area (Å²) >= 11 is 0. The van der Waals surface area contributed by atoms with Gasteiger partial charge in [0.25, 0.3) is 5.91 Å². The summed E-state index contributed by atoms with van der Waals surface area (Å²) in [5.74, 6) is 0.297. The highest BCUT2D eigenvalue weighted by molar-refractivity contribution is 5.94. The summed E-state index contributed by atoms with van der Waals surface area (Å²) in [4.78, 5) is 22.9. The number of nitrogens with zero attached hydrogens (tertiary/aromatic N) is 4. The van der Waals surface area contributed by atoms with E-state index >= 15 is 0 Å². The second kappa shape index (κ2) is 8.81. The average Bonchev–Trinajstić information content (AvgIpc) is 3.15. The van der Waals surface area contributed by atoms with E-state index in [0.717, 1.165) is 18.5 Å². The summed E-state index contributed by atoms with van der Waals surface area (Å²) in [5.41, 5.74) is 8.19. The van der Waals surface area contributed by atoms with Crippen LogP contribution < -0.4 is 10.5 Å². The zero-order valence-electron chi connectivity index (χ0n) is 18.0. The van der Waals surface area contributed by atoms with E-state index in [4.69, 9.17) is 17.0 Å². The Morgan fingerprint density at radius 1 is 1.28 bits per heavy atom. The zero-order valence-corrected chi connectivity index (χ0v) is 18.0. The molecule has 0 saturated carbocycles. The molecule has 1 amide bonds. The molecule has 1 aromatic heterocycles. The maximum absolute atomic E-state index is 14.4. The molecule has 8 heteroatoms. The van der Waals surface area contributed by atoms with Gasteiger partial charge in [-0.2, -0.15) is 0 Å². The lowest BCUT2D eigenvalue weighted by atomic mass is 10.1. The quantitative estimate of drug-likeness (QED) is 0.628. The van der Waals surface area contributed by atoms with Gasteiger partial charge in [-0.1, -0.05) is 12.1 Å². The first-order valence-electron chi connectivity index (χ1n) is 10.4. The van der Waals surface area contributed by atoms with Gasteiger partial charge in [0.1, 0.15) is 23.1 Å². The Morgan fingerprint density at radius 3 is 2.66 bits per heavy atom. The molecule has 2 aromatic carbocycles. The number of carbonyl (C=O) groups is 1. The van der Waals surface area contributed by atoms with E-state index in [0.29, 0.717) is 41.6 Å². The molecule has 0 aliphatic carbocycles. The maximum Gasteiger partial charge on any atom is 0.274 e. The second-order valence-electron chi connectivity index (χ2n) is 7.83. The van der Waals surface area contributed by atoms with E-state index in [1.165, 1.54) is 12.1 Å². The number of halogens is 1. The molecule has 0 spiro atoms. The molecule has 164 valence electrons. The van der Waals surface area contributed by atoms with Crippen LogP contribution in [-0.4, -0.2) is 46.6 Å². The zero-order chi connectivity index (χ0) is 22.8. The van der Waals surface area contributed by atoms with Crippen LogP contribution in [0.5, 0.6) is 5.75 Å². The fourth-order valence-corrected chi connectivity index (χ4v) is 4.03. The Kier molecular flexibility index (Phi) is 5.93. The lowest BCUT2D eigenvalue weighted by Crippen LogP contribution is -2.46. The third-order valence-corrected chi connectivity index (χ3v) is 5.71. The summed E-state index contributed by atoms with van der Waals surface area (Å²) in [6.07, 6.45) is 1.74. The molecule has 1 aliphatic rings. The van der Waals surface area contributed by atoms with Gasteiger partial charge < -0.3 is 15.4 Å². The van der Waals surface area contributed by atoms with Crippen molar-refractivity contribution in [2.75, 3.05) is 20.2 Å². The number of rotatable bonds is 4.